The molecule has 136 valence electrons. The first-order chi connectivity index (χ1) is 11.3. The van der Waals surface area contributed by atoms with Crippen molar-refractivity contribution in [3.63, 3.8) is 0 Å². The number of Topliss-reactive ketones (excluding diaryl/α,β-unsaturated/α-hetero) is 1. The average Bonchev–Trinajstić information content (AvgIpc) is 2.50. The summed E-state index contributed by atoms with van der Waals surface area (Å²) in [7, 11) is 0. The molecule has 0 amide bonds. The van der Waals surface area contributed by atoms with Crippen LogP contribution >= 0.6 is 0 Å². The molecule has 2 atom stereocenters. The van der Waals surface area contributed by atoms with Crippen LogP contribution in [0.15, 0.2) is 24.3 Å². The topological polar surface area (TPSA) is 46.5 Å². The van der Waals surface area contributed by atoms with Gasteiger partial charge in [0.15, 0.2) is 0 Å². The van der Waals surface area contributed by atoms with E-state index < -0.39 is 29.7 Å². The first-order valence-electron chi connectivity index (χ1n) is 8.31. The molecular formula is C18H25F3O3. The third kappa shape index (κ3) is 6.91. The van der Waals surface area contributed by atoms with E-state index in [1.165, 1.54) is 18.2 Å². The van der Waals surface area contributed by atoms with Crippen LogP contribution in [0.4, 0.5) is 13.2 Å². The van der Waals surface area contributed by atoms with Crippen LogP contribution in [-0.2, 0) is 0 Å². The number of carbonyl (C=O) groups is 1. The summed E-state index contributed by atoms with van der Waals surface area (Å²) in [5.74, 6) is -2.00. The standard InChI is InChI=1S/C18H25F3O3/c1-3-4-5-6-9-14(12-13(2)22)24-16-11-8-7-10-15(16)17(23)18(19,20)21/h7-8,10-11,13-14,22H,3-6,9,12H2,1-2H3. The largest absolute Gasteiger partial charge is 0.490 e. The number of carbonyl (C=O) groups excluding carboxylic acids is 1. The lowest BCUT2D eigenvalue weighted by molar-refractivity contribution is -0.0887. The fraction of sp³-hybridized carbons (Fsp3) is 0.611. The van der Waals surface area contributed by atoms with Crippen molar-refractivity contribution in [1.82, 2.24) is 0 Å². The first-order valence-corrected chi connectivity index (χ1v) is 8.31. The van der Waals surface area contributed by atoms with E-state index in [-0.39, 0.29) is 5.75 Å². The normalized spacial score (nSPS) is 14.2. The predicted octanol–water partition coefficient (Wildman–Crippen LogP) is 4.92. The molecule has 0 fully saturated rings. The summed E-state index contributed by atoms with van der Waals surface area (Å²) in [4.78, 5) is 11.5. The van der Waals surface area contributed by atoms with Gasteiger partial charge in [-0.05, 0) is 31.9 Å². The summed E-state index contributed by atoms with van der Waals surface area (Å²) in [6.45, 7) is 3.69. The number of hydrogen-bond donors (Lipinski definition) is 1. The number of ether oxygens (including phenoxy) is 1. The van der Waals surface area contributed by atoms with E-state index in [2.05, 4.69) is 6.92 Å². The number of halogens is 3. The Morgan fingerprint density at radius 2 is 1.88 bits per heavy atom. The van der Waals surface area contributed by atoms with Crippen molar-refractivity contribution in [2.24, 2.45) is 0 Å². The molecule has 2 unspecified atom stereocenters. The van der Waals surface area contributed by atoms with Gasteiger partial charge in [0.25, 0.3) is 5.78 Å². The zero-order valence-electron chi connectivity index (χ0n) is 14.1. The fourth-order valence-corrected chi connectivity index (χ4v) is 2.49. The van der Waals surface area contributed by atoms with Crippen LogP contribution in [0.3, 0.4) is 0 Å². The van der Waals surface area contributed by atoms with Gasteiger partial charge in [0.2, 0.25) is 0 Å². The fourth-order valence-electron chi connectivity index (χ4n) is 2.49. The molecule has 0 saturated heterocycles. The molecule has 1 aromatic carbocycles. The Morgan fingerprint density at radius 1 is 1.21 bits per heavy atom. The van der Waals surface area contributed by atoms with Crippen molar-refractivity contribution >= 4 is 5.78 Å². The lowest BCUT2D eigenvalue weighted by atomic mass is 10.0. The number of aliphatic hydroxyl groups is 1. The molecule has 3 nitrogen and oxygen atoms in total. The van der Waals surface area contributed by atoms with Crippen LogP contribution in [0.2, 0.25) is 0 Å². The van der Waals surface area contributed by atoms with Gasteiger partial charge in [-0.25, -0.2) is 0 Å². The van der Waals surface area contributed by atoms with Gasteiger partial charge in [-0.1, -0.05) is 38.3 Å². The first kappa shape index (κ1) is 20.5. The molecule has 1 rings (SSSR count). The number of unbranched alkanes of at least 4 members (excludes halogenated alkanes) is 3. The molecule has 0 bridgehead atoms. The molecule has 0 aliphatic rings. The zero-order chi connectivity index (χ0) is 18.2. The maximum atomic E-state index is 12.7. The van der Waals surface area contributed by atoms with E-state index in [9.17, 15) is 23.1 Å². The van der Waals surface area contributed by atoms with Crippen LogP contribution in [0.5, 0.6) is 5.75 Å². The van der Waals surface area contributed by atoms with Gasteiger partial charge >= 0.3 is 6.18 Å². The molecule has 1 aromatic rings. The summed E-state index contributed by atoms with van der Waals surface area (Å²) in [6, 6.07) is 5.37. The quantitative estimate of drug-likeness (QED) is 0.483. The molecular weight excluding hydrogens is 321 g/mol. The maximum absolute atomic E-state index is 12.7. The van der Waals surface area contributed by atoms with Crippen molar-refractivity contribution in [1.29, 1.82) is 0 Å². The van der Waals surface area contributed by atoms with Crippen LogP contribution in [-0.4, -0.2) is 29.3 Å². The van der Waals surface area contributed by atoms with Gasteiger partial charge in [0.05, 0.1) is 11.7 Å². The molecule has 0 aliphatic carbocycles. The molecule has 24 heavy (non-hydrogen) atoms. The van der Waals surface area contributed by atoms with Gasteiger partial charge < -0.3 is 9.84 Å². The van der Waals surface area contributed by atoms with Crippen molar-refractivity contribution in [2.45, 2.75) is 70.8 Å². The van der Waals surface area contributed by atoms with Crippen LogP contribution in [0.1, 0.15) is 62.7 Å². The lowest BCUT2D eigenvalue weighted by Gasteiger charge is -2.22. The highest BCUT2D eigenvalue weighted by Gasteiger charge is 2.40. The third-order valence-electron chi connectivity index (χ3n) is 3.67. The Labute approximate surface area is 140 Å². The minimum absolute atomic E-state index is 0.0824. The second-order valence-electron chi connectivity index (χ2n) is 6.00. The summed E-state index contributed by atoms with van der Waals surface area (Å²) in [5, 5.41) is 9.58. The van der Waals surface area contributed by atoms with E-state index in [1.54, 1.807) is 6.92 Å². The summed E-state index contributed by atoms with van der Waals surface area (Å²) in [5.41, 5.74) is -0.492. The molecule has 0 aromatic heterocycles. The van der Waals surface area contributed by atoms with Crippen molar-refractivity contribution in [3.05, 3.63) is 29.8 Å². The van der Waals surface area contributed by atoms with E-state index >= 15 is 0 Å². The van der Waals surface area contributed by atoms with Gasteiger partial charge in [0, 0.05) is 6.42 Å². The van der Waals surface area contributed by atoms with Gasteiger partial charge in [0.1, 0.15) is 11.9 Å². The highest BCUT2D eigenvalue weighted by molar-refractivity contribution is 6.02. The zero-order valence-corrected chi connectivity index (χ0v) is 14.1. The second-order valence-corrected chi connectivity index (χ2v) is 6.00. The Balaban J connectivity index is 2.87. The average molecular weight is 346 g/mol. The Morgan fingerprint density at radius 3 is 2.46 bits per heavy atom. The smallest absolute Gasteiger partial charge is 0.455 e. The summed E-state index contributed by atoms with van der Waals surface area (Å²) < 4.78 is 43.8. The van der Waals surface area contributed by atoms with Crippen LogP contribution in [0, 0.1) is 0 Å². The molecule has 0 saturated carbocycles. The van der Waals surface area contributed by atoms with Crippen molar-refractivity contribution in [3.8, 4) is 5.75 Å². The monoisotopic (exact) mass is 346 g/mol. The van der Waals surface area contributed by atoms with Gasteiger partial charge in [-0.2, -0.15) is 13.2 Å². The predicted molar refractivity (Wildman–Crippen MR) is 86.3 cm³/mol. The van der Waals surface area contributed by atoms with E-state index in [0.717, 1.165) is 31.7 Å². The summed E-state index contributed by atoms with van der Waals surface area (Å²) >= 11 is 0. The Hall–Kier alpha value is -1.56. The summed E-state index contributed by atoms with van der Waals surface area (Å²) in [6.07, 6.45) is -1.06. The van der Waals surface area contributed by atoms with E-state index in [0.29, 0.717) is 12.8 Å². The van der Waals surface area contributed by atoms with Gasteiger partial charge in [-0.15, -0.1) is 0 Å². The molecule has 1 N–H and O–H groups in total. The second kappa shape index (κ2) is 9.67. The van der Waals surface area contributed by atoms with Crippen LogP contribution < -0.4 is 4.74 Å². The number of rotatable bonds is 10. The highest BCUT2D eigenvalue weighted by Crippen LogP contribution is 2.29. The number of aliphatic hydroxyl groups excluding tert-OH is 1. The van der Waals surface area contributed by atoms with Crippen molar-refractivity contribution < 1.29 is 27.8 Å². The SMILES string of the molecule is CCCCCCC(CC(C)O)Oc1ccccc1C(=O)C(F)(F)F. The number of para-hydroxylation sites is 1. The minimum atomic E-state index is -4.94. The molecule has 6 heteroatoms. The van der Waals surface area contributed by atoms with Crippen molar-refractivity contribution in [2.75, 3.05) is 0 Å². The lowest BCUT2D eigenvalue weighted by Crippen LogP contribution is -2.26. The maximum Gasteiger partial charge on any atom is 0.455 e. The third-order valence-corrected chi connectivity index (χ3v) is 3.67. The molecule has 0 radical (unpaired) electrons. The minimum Gasteiger partial charge on any atom is -0.490 e. The molecule has 0 heterocycles. The van der Waals surface area contributed by atoms with Crippen LogP contribution in [0.25, 0.3) is 0 Å². The number of hydrogen-bond acceptors (Lipinski definition) is 3. The number of alkyl halides is 3. The number of ketones is 1. The van der Waals surface area contributed by atoms with Gasteiger partial charge in [-0.3, -0.25) is 4.79 Å². The number of benzene rings is 1. The highest BCUT2D eigenvalue weighted by atomic mass is 19.4. The Kier molecular flexibility index (Phi) is 8.25. The van der Waals surface area contributed by atoms with E-state index in [4.69, 9.17) is 4.74 Å². The van der Waals surface area contributed by atoms with E-state index in [1.807, 2.05) is 0 Å². The Bertz CT molecular complexity index is 512. The molecule has 0 spiro atoms. The molecule has 0 aliphatic heterocycles.